The largest absolute Gasteiger partial charge is 0.433 e. The van der Waals surface area contributed by atoms with Crippen molar-refractivity contribution in [1.82, 2.24) is 19.9 Å². The van der Waals surface area contributed by atoms with E-state index in [-0.39, 0.29) is 27.5 Å². The van der Waals surface area contributed by atoms with Gasteiger partial charge in [-0.2, -0.15) is 18.3 Å². The Morgan fingerprint density at radius 1 is 1.06 bits per heavy atom. The molecule has 1 unspecified atom stereocenters. The molecule has 0 aliphatic carbocycles. The standard InChI is InChI=1S/C22H16BrF3N4O/c1-13(14-8-4-2-5-9-14)27-21(31)19-18(23)20-28-16(15-10-6-3-7-11-15)12-17(22(24,25)26)30(20)29-19/h2-13H,1H3,(H,27,31). The van der Waals surface area contributed by atoms with Gasteiger partial charge < -0.3 is 5.32 Å². The van der Waals surface area contributed by atoms with Crippen molar-refractivity contribution in [1.29, 1.82) is 0 Å². The van der Waals surface area contributed by atoms with E-state index in [4.69, 9.17) is 0 Å². The molecule has 0 spiro atoms. The van der Waals surface area contributed by atoms with Crippen molar-refractivity contribution in [2.75, 3.05) is 0 Å². The average molecular weight is 489 g/mol. The molecule has 0 aliphatic heterocycles. The number of rotatable bonds is 4. The third kappa shape index (κ3) is 4.18. The zero-order valence-corrected chi connectivity index (χ0v) is 17.8. The highest BCUT2D eigenvalue weighted by Gasteiger charge is 2.36. The molecule has 0 radical (unpaired) electrons. The predicted molar refractivity (Wildman–Crippen MR) is 113 cm³/mol. The molecule has 0 fully saturated rings. The first-order valence-corrected chi connectivity index (χ1v) is 10.1. The molecule has 0 saturated heterocycles. The molecule has 2 aromatic heterocycles. The number of carbonyl (C=O) groups excluding carboxylic acids is 1. The summed E-state index contributed by atoms with van der Waals surface area (Å²) >= 11 is 3.23. The van der Waals surface area contributed by atoms with Crippen molar-refractivity contribution < 1.29 is 18.0 Å². The van der Waals surface area contributed by atoms with Crippen LogP contribution in [0.1, 0.15) is 34.7 Å². The van der Waals surface area contributed by atoms with Gasteiger partial charge in [-0.25, -0.2) is 9.50 Å². The predicted octanol–water partition coefficient (Wildman–Crippen LogP) is 5.67. The smallest absolute Gasteiger partial charge is 0.344 e. The summed E-state index contributed by atoms with van der Waals surface area (Å²) in [5.74, 6) is -0.608. The van der Waals surface area contributed by atoms with Crippen molar-refractivity contribution >= 4 is 27.5 Å². The molecular weight excluding hydrogens is 473 g/mol. The van der Waals surface area contributed by atoms with Gasteiger partial charge in [-0.3, -0.25) is 4.79 Å². The van der Waals surface area contributed by atoms with Gasteiger partial charge in [0.2, 0.25) is 0 Å². The van der Waals surface area contributed by atoms with E-state index < -0.39 is 17.8 Å². The zero-order chi connectivity index (χ0) is 22.2. The summed E-state index contributed by atoms with van der Waals surface area (Å²) in [6.07, 6.45) is -4.69. The molecule has 5 nitrogen and oxygen atoms in total. The molecule has 158 valence electrons. The highest BCUT2D eigenvalue weighted by Crippen LogP contribution is 2.34. The van der Waals surface area contributed by atoms with Gasteiger partial charge in [0.05, 0.1) is 16.2 Å². The number of nitrogens with zero attached hydrogens (tertiary/aromatic N) is 3. The van der Waals surface area contributed by atoms with Crippen molar-refractivity contribution in [3.63, 3.8) is 0 Å². The second-order valence-electron chi connectivity index (χ2n) is 6.89. The Morgan fingerprint density at radius 3 is 2.29 bits per heavy atom. The lowest BCUT2D eigenvalue weighted by Crippen LogP contribution is -2.27. The van der Waals surface area contributed by atoms with Crippen LogP contribution in [0, 0.1) is 0 Å². The Hall–Kier alpha value is -3.20. The number of aromatic nitrogens is 3. The van der Waals surface area contributed by atoms with E-state index in [0.29, 0.717) is 10.1 Å². The van der Waals surface area contributed by atoms with Crippen molar-refractivity contribution in [3.05, 3.63) is 88.2 Å². The summed E-state index contributed by atoms with van der Waals surface area (Å²) in [5.41, 5.74) is 0.221. The van der Waals surface area contributed by atoms with Crippen LogP contribution in [0.15, 0.2) is 71.2 Å². The van der Waals surface area contributed by atoms with Crippen LogP contribution in [0.5, 0.6) is 0 Å². The van der Waals surface area contributed by atoms with E-state index in [1.165, 1.54) is 0 Å². The SMILES string of the molecule is CC(NC(=O)c1nn2c(C(F)(F)F)cc(-c3ccccc3)nc2c1Br)c1ccccc1. The van der Waals surface area contributed by atoms with Gasteiger partial charge in [-0.05, 0) is 34.5 Å². The van der Waals surface area contributed by atoms with Crippen LogP contribution in [-0.4, -0.2) is 20.5 Å². The minimum atomic E-state index is -4.69. The lowest BCUT2D eigenvalue weighted by Gasteiger charge is -2.13. The molecule has 1 atom stereocenters. The third-order valence-corrected chi connectivity index (χ3v) is 5.49. The summed E-state index contributed by atoms with van der Waals surface area (Å²) in [6.45, 7) is 1.78. The molecule has 31 heavy (non-hydrogen) atoms. The Bertz CT molecular complexity index is 1240. The number of carbonyl (C=O) groups is 1. The minimum absolute atomic E-state index is 0.0912. The second-order valence-corrected chi connectivity index (χ2v) is 7.69. The van der Waals surface area contributed by atoms with E-state index in [9.17, 15) is 18.0 Å². The first-order chi connectivity index (χ1) is 14.8. The lowest BCUT2D eigenvalue weighted by atomic mass is 10.1. The fourth-order valence-corrected chi connectivity index (χ4v) is 3.70. The monoisotopic (exact) mass is 488 g/mol. The maximum Gasteiger partial charge on any atom is 0.433 e. The summed E-state index contributed by atoms with van der Waals surface area (Å²) < 4.78 is 42.1. The quantitative estimate of drug-likeness (QED) is 0.402. The van der Waals surface area contributed by atoms with E-state index in [1.54, 1.807) is 37.3 Å². The van der Waals surface area contributed by atoms with Gasteiger partial charge in [-0.15, -0.1) is 0 Å². The molecule has 0 saturated carbocycles. The zero-order valence-electron chi connectivity index (χ0n) is 16.2. The summed E-state index contributed by atoms with van der Waals surface area (Å²) in [4.78, 5) is 17.1. The molecule has 4 aromatic rings. The number of hydrogen-bond donors (Lipinski definition) is 1. The minimum Gasteiger partial charge on any atom is -0.344 e. The fourth-order valence-electron chi connectivity index (χ4n) is 3.19. The molecule has 1 amide bonds. The van der Waals surface area contributed by atoms with Crippen molar-refractivity contribution in [2.45, 2.75) is 19.1 Å². The number of amides is 1. The van der Waals surface area contributed by atoms with Crippen LogP contribution in [0.4, 0.5) is 13.2 Å². The van der Waals surface area contributed by atoms with E-state index in [0.717, 1.165) is 11.6 Å². The fraction of sp³-hybridized carbons (Fsp3) is 0.136. The van der Waals surface area contributed by atoms with Gasteiger partial charge in [0.1, 0.15) is 0 Å². The van der Waals surface area contributed by atoms with Gasteiger partial charge in [0.25, 0.3) is 5.91 Å². The van der Waals surface area contributed by atoms with Crippen LogP contribution < -0.4 is 5.32 Å². The van der Waals surface area contributed by atoms with E-state index in [2.05, 4.69) is 31.3 Å². The number of nitrogens with one attached hydrogen (secondary N) is 1. The van der Waals surface area contributed by atoms with Crippen molar-refractivity contribution in [3.8, 4) is 11.3 Å². The normalized spacial score (nSPS) is 12.7. The average Bonchev–Trinajstić information content (AvgIpc) is 3.10. The molecule has 0 aliphatic rings. The third-order valence-electron chi connectivity index (χ3n) is 4.76. The Labute approximate surface area is 184 Å². The lowest BCUT2D eigenvalue weighted by molar-refractivity contribution is -0.142. The number of fused-ring (bicyclic) bond motifs is 1. The van der Waals surface area contributed by atoms with Gasteiger partial charge >= 0.3 is 6.18 Å². The summed E-state index contributed by atoms with van der Waals surface area (Å²) in [6, 6.07) is 18.3. The number of halogens is 4. The highest BCUT2D eigenvalue weighted by molar-refractivity contribution is 9.10. The molecule has 4 rings (SSSR count). The van der Waals surface area contributed by atoms with Crippen LogP contribution >= 0.6 is 15.9 Å². The van der Waals surface area contributed by atoms with Crippen LogP contribution in [0.2, 0.25) is 0 Å². The maximum atomic E-state index is 13.8. The molecule has 2 heterocycles. The number of benzene rings is 2. The Morgan fingerprint density at radius 2 is 1.68 bits per heavy atom. The Kier molecular flexibility index (Phi) is 5.53. The van der Waals surface area contributed by atoms with Crippen LogP contribution in [0.25, 0.3) is 16.9 Å². The first-order valence-electron chi connectivity index (χ1n) is 9.33. The molecular formula is C22H16BrF3N4O. The van der Waals surface area contributed by atoms with Gasteiger partial charge in [-0.1, -0.05) is 60.7 Å². The second kappa shape index (κ2) is 8.14. The topological polar surface area (TPSA) is 59.3 Å². The van der Waals surface area contributed by atoms with Gasteiger partial charge in [0, 0.05) is 5.56 Å². The molecule has 0 bridgehead atoms. The Balaban J connectivity index is 1.79. The first kappa shape index (κ1) is 21.0. The molecule has 9 heteroatoms. The van der Waals surface area contributed by atoms with Gasteiger partial charge in [0.15, 0.2) is 17.0 Å². The maximum absolute atomic E-state index is 13.8. The molecule has 2 aromatic carbocycles. The molecule has 1 N–H and O–H groups in total. The van der Waals surface area contributed by atoms with E-state index in [1.807, 2.05) is 30.3 Å². The number of alkyl halides is 3. The van der Waals surface area contributed by atoms with Crippen LogP contribution in [-0.2, 0) is 6.18 Å². The summed E-state index contributed by atoms with van der Waals surface area (Å²) in [5, 5.41) is 6.70. The number of hydrogen-bond acceptors (Lipinski definition) is 3. The van der Waals surface area contributed by atoms with Crippen molar-refractivity contribution in [2.24, 2.45) is 0 Å². The van der Waals surface area contributed by atoms with E-state index >= 15 is 0 Å². The summed E-state index contributed by atoms with van der Waals surface area (Å²) in [7, 11) is 0. The highest BCUT2D eigenvalue weighted by atomic mass is 79.9. The van der Waals surface area contributed by atoms with Crippen LogP contribution in [0.3, 0.4) is 0 Å².